The largest absolute Gasteiger partial charge is 0.334 e. The van der Waals surface area contributed by atoms with Crippen molar-refractivity contribution in [3.05, 3.63) is 66.0 Å². The van der Waals surface area contributed by atoms with Crippen molar-refractivity contribution in [2.45, 2.75) is 13.8 Å². The van der Waals surface area contributed by atoms with Gasteiger partial charge < -0.3 is 4.52 Å². The van der Waals surface area contributed by atoms with Crippen LogP contribution < -0.4 is 0 Å². The summed E-state index contributed by atoms with van der Waals surface area (Å²) in [7, 11) is 0. The molecule has 0 aliphatic rings. The van der Waals surface area contributed by atoms with Gasteiger partial charge in [-0.3, -0.25) is 0 Å². The molecule has 6 heteroatoms. The number of aromatic nitrogens is 5. The standard InChI is InChI=1S/C18H15N5O/c1-12-3-5-14(6-4-12)17-20-18(24-21-17)15-7-9-16(10-8-15)23-13(2)11-19-22-23/h3-11H,1-2H3. The Labute approximate surface area is 138 Å². The van der Waals surface area contributed by atoms with E-state index in [2.05, 4.69) is 20.5 Å². The van der Waals surface area contributed by atoms with Gasteiger partial charge in [0.05, 0.1) is 17.6 Å². The Morgan fingerprint density at radius 3 is 2.25 bits per heavy atom. The van der Waals surface area contributed by atoms with Crippen LogP contribution in [-0.2, 0) is 0 Å². The molecule has 0 aliphatic heterocycles. The van der Waals surface area contributed by atoms with E-state index in [4.69, 9.17) is 4.52 Å². The van der Waals surface area contributed by atoms with E-state index in [1.807, 2.05) is 62.4 Å². The normalized spacial score (nSPS) is 10.9. The predicted molar refractivity (Wildman–Crippen MR) is 89.6 cm³/mol. The minimum atomic E-state index is 0.493. The Morgan fingerprint density at radius 1 is 0.875 bits per heavy atom. The molecule has 0 amide bonds. The molecule has 0 aliphatic carbocycles. The second-order valence-electron chi connectivity index (χ2n) is 5.62. The van der Waals surface area contributed by atoms with E-state index >= 15 is 0 Å². The summed E-state index contributed by atoms with van der Waals surface area (Å²) in [6, 6.07) is 15.8. The maximum Gasteiger partial charge on any atom is 0.258 e. The first-order valence-electron chi connectivity index (χ1n) is 7.59. The lowest BCUT2D eigenvalue weighted by Crippen LogP contribution is -1.98. The van der Waals surface area contributed by atoms with Gasteiger partial charge >= 0.3 is 0 Å². The lowest BCUT2D eigenvalue weighted by Gasteiger charge is -2.02. The molecule has 24 heavy (non-hydrogen) atoms. The second-order valence-corrected chi connectivity index (χ2v) is 5.62. The molecular formula is C18H15N5O. The third-order valence-corrected chi connectivity index (χ3v) is 3.81. The summed E-state index contributed by atoms with van der Waals surface area (Å²) in [6.45, 7) is 4.00. The highest BCUT2D eigenvalue weighted by Gasteiger charge is 2.11. The summed E-state index contributed by atoms with van der Waals surface area (Å²) in [4.78, 5) is 4.48. The first-order chi connectivity index (χ1) is 11.7. The van der Waals surface area contributed by atoms with Crippen LogP contribution in [0.3, 0.4) is 0 Å². The van der Waals surface area contributed by atoms with Gasteiger partial charge in [-0.05, 0) is 38.1 Å². The van der Waals surface area contributed by atoms with E-state index in [1.54, 1.807) is 10.9 Å². The summed E-state index contributed by atoms with van der Waals surface area (Å²) in [5, 5.41) is 12.0. The molecule has 0 bridgehead atoms. The first-order valence-corrected chi connectivity index (χ1v) is 7.59. The highest BCUT2D eigenvalue weighted by molar-refractivity contribution is 5.60. The zero-order valence-electron chi connectivity index (χ0n) is 13.3. The van der Waals surface area contributed by atoms with Gasteiger partial charge in [-0.1, -0.05) is 40.2 Å². The zero-order chi connectivity index (χ0) is 16.5. The van der Waals surface area contributed by atoms with Crippen LogP contribution in [0, 0.1) is 13.8 Å². The maximum atomic E-state index is 5.39. The molecule has 0 saturated carbocycles. The van der Waals surface area contributed by atoms with Crippen molar-refractivity contribution in [3.8, 4) is 28.5 Å². The van der Waals surface area contributed by atoms with Crippen LogP contribution in [0.15, 0.2) is 59.3 Å². The lowest BCUT2D eigenvalue weighted by atomic mass is 10.1. The van der Waals surface area contributed by atoms with E-state index in [-0.39, 0.29) is 0 Å². The number of aryl methyl sites for hydroxylation is 2. The van der Waals surface area contributed by atoms with Crippen LogP contribution in [0.5, 0.6) is 0 Å². The van der Waals surface area contributed by atoms with E-state index in [0.29, 0.717) is 11.7 Å². The summed E-state index contributed by atoms with van der Waals surface area (Å²) in [5.41, 5.74) is 4.91. The topological polar surface area (TPSA) is 69.6 Å². The fraction of sp³-hybridized carbons (Fsp3) is 0.111. The molecule has 2 heterocycles. The van der Waals surface area contributed by atoms with Crippen molar-refractivity contribution >= 4 is 0 Å². The van der Waals surface area contributed by atoms with Crippen molar-refractivity contribution in [1.29, 1.82) is 0 Å². The van der Waals surface area contributed by atoms with Crippen molar-refractivity contribution in [2.75, 3.05) is 0 Å². The number of hydrogen-bond donors (Lipinski definition) is 0. The van der Waals surface area contributed by atoms with Crippen LogP contribution >= 0.6 is 0 Å². The Bertz CT molecular complexity index is 967. The summed E-state index contributed by atoms with van der Waals surface area (Å²) in [6.07, 6.45) is 1.72. The van der Waals surface area contributed by atoms with Crippen LogP contribution in [0.1, 0.15) is 11.3 Å². The molecule has 4 rings (SSSR count). The van der Waals surface area contributed by atoms with Gasteiger partial charge in [-0.15, -0.1) is 5.10 Å². The molecule has 0 fully saturated rings. The summed E-state index contributed by atoms with van der Waals surface area (Å²) >= 11 is 0. The number of nitrogens with zero attached hydrogens (tertiary/aromatic N) is 5. The Hall–Kier alpha value is -3.28. The van der Waals surface area contributed by atoms with Crippen molar-refractivity contribution in [3.63, 3.8) is 0 Å². The van der Waals surface area contributed by atoms with Crippen molar-refractivity contribution < 1.29 is 4.52 Å². The fourth-order valence-corrected chi connectivity index (χ4v) is 2.45. The highest BCUT2D eigenvalue weighted by Crippen LogP contribution is 2.23. The third-order valence-electron chi connectivity index (χ3n) is 3.81. The molecule has 2 aromatic heterocycles. The molecule has 0 radical (unpaired) electrons. The molecule has 2 aromatic carbocycles. The van der Waals surface area contributed by atoms with Gasteiger partial charge in [-0.25, -0.2) is 4.68 Å². The highest BCUT2D eigenvalue weighted by atomic mass is 16.5. The molecular weight excluding hydrogens is 302 g/mol. The van der Waals surface area contributed by atoms with Crippen LogP contribution in [-0.4, -0.2) is 25.1 Å². The molecule has 0 saturated heterocycles. The SMILES string of the molecule is Cc1ccc(-c2noc(-c3ccc(-n4nncc4C)cc3)n2)cc1. The quantitative estimate of drug-likeness (QED) is 0.577. The number of hydrogen-bond acceptors (Lipinski definition) is 5. The Balaban J connectivity index is 1.63. The van der Waals surface area contributed by atoms with Gasteiger partial charge in [0, 0.05) is 11.1 Å². The molecule has 6 nitrogen and oxygen atoms in total. The van der Waals surface area contributed by atoms with Gasteiger partial charge in [0.2, 0.25) is 5.82 Å². The van der Waals surface area contributed by atoms with E-state index in [1.165, 1.54) is 5.56 Å². The van der Waals surface area contributed by atoms with Crippen molar-refractivity contribution in [1.82, 2.24) is 25.1 Å². The fourth-order valence-electron chi connectivity index (χ4n) is 2.45. The van der Waals surface area contributed by atoms with Gasteiger partial charge in [-0.2, -0.15) is 4.98 Å². The van der Waals surface area contributed by atoms with Gasteiger partial charge in [0.1, 0.15) is 0 Å². The lowest BCUT2D eigenvalue weighted by molar-refractivity contribution is 0.432. The minimum Gasteiger partial charge on any atom is -0.334 e. The molecule has 118 valence electrons. The molecule has 4 aromatic rings. The van der Waals surface area contributed by atoms with E-state index in [0.717, 1.165) is 22.5 Å². The molecule has 0 atom stereocenters. The predicted octanol–water partition coefficient (Wildman–Crippen LogP) is 3.60. The van der Waals surface area contributed by atoms with Crippen LogP contribution in [0.2, 0.25) is 0 Å². The second kappa shape index (κ2) is 5.73. The first kappa shape index (κ1) is 14.3. The van der Waals surface area contributed by atoms with Gasteiger partial charge in [0.15, 0.2) is 0 Å². The van der Waals surface area contributed by atoms with E-state index < -0.39 is 0 Å². The monoisotopic (exact) mass is 317 g/mol. The minimum absolute atomic E-state index is 0.493. The van der Waals surface area contributed by atoms with Crippen LogP contribution in [0.25, 0.3) is 28.5 Å². The zero-order valence-corrected chi connectivity index (χ0v) is 13.3. The molecule has 0 unspecified atom stereocenters. The van der Waals surface area contributed by atoms with Crippen LogP contribution in [0.4, 0.5) is 0 Å². The van der Waals surface area contributed by atoms with E-state index in [9.17, 15) is 0 Å². The Kier molecular flexibility index (Phi) is 3.42. The average Bonchev–Trinajstić information content (AvgIpc) is 3.25. The summed E-state index contributed by atoms with van der Waals surface area (Å²) in [5.74, 6) is 1.08. The smallest absolute Gasteiger partial charge is 0.258 e. The van der Waals surface area contributed by atoms with Crippen molar-refractivity contribution in [2.24, 2.45) is 0 Å². The summed E-state index contributed by atoms with van der Waals surface area (Å²) < 4.78 is 7.17. The number of benzene rings is 2. The maximum absolute atomic E-state index is 5.39. The number of rotatable bonds is 3. The third kappa shape index (κ3) is 2.58. The molecule has 0 spiro atoms. The average molecular weight is 317 g/mol. The Morgan fingerprint density at radius 2 is 1.58 bits per heavy atom. The molecule has 0 N–H and O–H groups in total. The van der Waals surface area contributed by atoms with Gasteiger partial charge in [0.25, 0.3) is 5.89 Å².